The summed E-state index contributed by atoms with van der Waals surface area (Å²) in [6, 6.07) is 10.9. The van der Waals surface area contributed by atoms with Gasteiger partial charge in [0.1, 0.15) is 5.75 Å². The summed E-state index contributed by atoms with van der Waals surface area (Å²) in [4.78, 5) is 23.3. The molecule has 0 fully saturated rings. The summed E-state index contributed by atoms with van der Waals surface area (Å²) in [5, 5.41) is 5.23. The third kappa shape index (κ3) is 6.79. The molecule has 28 heavy (non-hydrogen) atoms. The van der Waals surface area contributed by atoms with Crippen LogP contribution in [0.1, 0.15) is 18.1 Å². The normalized spacial score (nSPS) is 11.3. The molecule has 0 bridgehead atoms. The predicted molar refractivity (Wildman–Crippen MR) is 99.7 cm³/mol. The number of hydrogen-bond acceptors (Lipinski definition) is 3. The minimum Gasteiger partial charge on any atom is -0.484 e. The Morgan fingerprint density at radius 3 is 2.25 bits per heavy atom. The topological polar surface area (TPSA) is 67.4 Å². The zero-order valence-corrected chi connectivity index (χ0v) is 15.0. The third-order valence-corrected chi connectivity index (χ3v) is 3.53. The van der Waals surface area contributed by atoms with Crippen LogP contribution in [-0.4, -0.2) is 25.0 Å². The first-order chi connectivity index (χ1) is 13.3. The van der Waals surface area contributed by atoms with Crippen LogP contribution in [-0.2, 0) is 15.8 Å². The Bertz CT molecular complexity index is 829. The second-order valence-electron chi connectivity index (χ2n) is 5.71. The smallest absolute Gasteiger partial charge is 0.416 e. The van der Waals surface area contributed by atoms with E-state index in [0.717, 1.165) is 12.1 Å². The molecule has 0 spiro atoms. The molecule has 2 amide bonds. The van der Waals surface area contributed by atoms with Gasteiger partial charge in [-0.1, -0.05) is 12.1 Å². The van der Waals surface area contributed by atoms with E-state index in [9.17, 15) is 22.8 Å². The number of rotatable bonds is 7. The fourth-order valence-corrected chi connectivity index (χ4v) is 2.17. The molecular weight excluding hydrogens is 373 g/mol. The van der Waals surface area contributed by atoms with Crippen molar-refractivity contribution in [3.8, 4) is 5.75 Å². The molecule has 0 radical (unpaired) electrons. The van der Waals surface area contributed by atoms with Gasteiger partial charge in [-0.25, -0.2) is 0 Å². The highest BCUT2D eigenvalue weighted by molar-refractivity contribution is 6.01. The van der Waals surface area contributed by atoms with E-state index in [1.165, 1.54) is 24.3 Å². The SMILES string of the molecule is CCNC(=O)COc1ccc(NC(=O)/C=C/c2ccc(C(F)(F)F)cc2)cc1. The Hall–Kier alpha value is -3.29. The second kappa shape index (κ2) is 9.59. The summed E-state index contributed by atoms with van der Waals surface area (Å²) >= 11 is 0. The number of carbonyl (C=O) groups excluding carboxylic acids is 2. The maximum absolute atomic E-state index is 12.5. The van der Waals surface area contributed by atoms with Crippen molar-refractivity contribution >= 4 is 23.6 Å². The van der Waals surface area contributed by atoms with Gasteiger partial charge in [0, 0.05) is 18.3 Å². The number of amides is 2. The summed E-state index contributed by atoms with van der Waals surface area (Å²) in [5.41, 5.74) is 0.230. The summed E-state index contributed by atoms with van der Waals surface area (Å²) in [6.45, 7) is 2.23. The summed E-state index contributed by atoms with van der Waals surface area (Å²) < 4.78 is 42.8. The van der Waals surface area contributed by atoms with Crippen LogP contribution >= 0.6 is 0 Å². The van der Waals surface area contributed by atoms with Gasteiger partial charge in [-0.05, 0) is 55.0 Å². The fraction of sp³-hybridized carbons (Fsp3) is 0.200. The minimum atomic E-state index is -4.39. The number of anilines is 1. The predicted octanol–water partition coefficient (Wildman–Crippen LogP) is 3.87. The molecular formula is C20H19F3N2O3. The third-order valence-electron chi connectivity index (χ3n) is 3.53. The molecule has 0 saturated heterocycles. The summed E-state index contributed by atoms with van der Waals surface area (Å²) in [6.07, 6.45) is -1.75. The highest BCUT2D eigenvalue weighted by Crippen LogP contribution is 2.29. The maximum Gasteiger partial charge on any atom is 0.416 e. The summed E-state index contributed by atoms with van der Waals surface area (Å²) in [5.74, 6) is -0.186. The van der Waals surface area contributed by atoms with Crippen molar-refractivity contribution in [2.45, 2.75) is 13.1 Å². The van der Waals surface area contributed by atoms with Crippen molar-refractivity contribution in [3.05, 3.63) is 65.7 Å². The molecule has 0 saturated carbocycles. The van der Waals surface area contributed by atoms with Gasteiger partial charge < -0.3 is 15.4 Å². The highest BCUT2D eigenvalue weighted by Gasteiger charge is 2.29. The van der Waals surface area contributed by atoms with Crippen LogP contribution in [0.3, 0.4) is 0 Å². The number of nitrogens with one attached hydrogen (secondary N) is 2. The monoisotopic (exact) mass is 392 g/mol. The van der Waals surface area contributed by atoms with Gasteiger partial charge in [0.25, 0.3) is 5.91 Å². The minimum absolute atomic E-state index is 0.102. The molecule has 0 aliphatic rings. The molecule has 148 valence electrons. The van der Waals surface area contributed by atoms with Crippen molar-refractivity contribution in [2.75, 3.05) is 18.5 Å². The standard InChI is InChI=1S/C20H19F3N2O3/c1-2-24-19(27)13-28-17-10-8-16(9-11-17)25-18(26)12-5-14-3-6-15(7-4-14)20(21,22)23/h3-12H,2,13H2,1H3,(H,24,27)(H,25,26)/b12-5+. The molecule has 5 nitrogen and oxygen atoms in total. The van der Waals surface area contributed by atoms with E-state index in [4.69, 9.17) is 4.74 Å². The van der Waals surface area contributed by atoms with Crippen LogP contribution in [0, 0.1) is 0 Å². The molecule has 0 unspecified atom stereocenters. The molecule has 0 aliphatic carbocycles. The van der Waals surface area contributed by atoms with Gasteiger partial charge in [-0.2, -0.15) is 13.2 Å². The van der Waals surface area contributed by atoms with Gasteiger partial charge in [0.05, 0.1) is 5.56 Å². The first-order valence-electron chi connectivity index (χ1n) is 8.44. The van der Waals surface area contributed by atoms with Crippen LogP contribution in [0.15, 0.2) is 54.6 Å². The molecule has 2 N–H and O–H groups in total. The highest BCUT2D eigenvalue weighted by atomic mass is 19.4. The molecule has 2 aromatic rings. The van der Waals surface area contributed by atoms with E-state index in [0.29, 0.717) is 23.5 Å². The number of hydrogen-bond donors (Lipinski definition) is 2. The van der Waals surface area contributed by atoms with Crippen molar-refractivity contribution in [2.24, 2.45) is 0 Å². The molecule has 2 aromatic carbocycles. The first-order valence-corrected chi connectivity index (χ1v) is 8.44. The molecule has 8 heteroatoms. The number of ether oxygens (including phenoxy) is 1. The lowest BCUT2D eigenvalue weighted by molar-refractivity contribution is -0.137. The Morgan fingerprint density at radius 1 is 1.04 bits per heavy atom. The Labute approximate surface area is 160 Å². The number of halogens is 3. The number of likely N-dealkylation sites (N-methyl/N-ethyl adjacent to an activating group) is 1. The van der Waals surface area contributed by atoms with Gasteiger partial charge in [-0.3, -0.25) is 9.59 Å². The average molecular weight is 392 g/mol. The van der Waals surface area contributed by atoms with Crippen LogP contribution in [0.4, 0.5) is 18.9 Å². The van der Waals surface area contributed by atoms with E-state index < -0.39 is 17.6 Å². The summed E-state index contributed by atoms with van der Waals surface area (Å²) in [7, 11) is 0. The zero-order valence-electron chi connectivity index (χ0n) is 15.0. The first kappa shape index (κ1) is 21.0. The number of carbonyl (C=O) groups is 2. The van der Waals surface area contributed by atoms with Crippen molar-refractivity contribution in [1.29, 1.82) is 0 Å². The van der Waals surface area contributed by atoms with E-state index in [1.54, 1.807) is 31.2 Å². The van der Waals surface area contributed by atoms with Crippen molar-refractivity contribution < 1.29 is 27.5 Å². The van der Waals surface area contributed by atoms with E-state index in [1.807, 2.05) is 0 Å². The quantitative estimate of drug-likeness (QED) is 0.703. The molecule has 0 aromatic heterocycles. The van der Waals surface area contributed by atoms with Crippen molar-refractivity contribution in [3.63, 3.8) is 0 Å². The van der Waals surface area contributed by atoms with Crippen LogP contribution < -0.4 is 15.4 Å². The van der Waals surface area contributed by atoms with Gasteiger partial charge in [-0.15, -0.1) is 0 Å². The number of alkyl halides is 3. The lowest BCUT2D eigenvalue weighted by atomic mass is 10.1. The second-order valence-corrected chi connectivity index (χ2v) is 5.71. The molecule has 0 aliphatic heterocycles. The maximum atomic E-state index is 12.5. The Balaban J connectivity index is 1.87. The van der Waals surface area contributed by atoms with E-state index in [2.05, 4.69) is 10.6 Å². The largest absolute Gasteiger partial charge is 0.484 e. The average Bonchev–Trinajstić information content (AvgIpc) is 2.66. The van der Waals surface area contributed by atoms with Gasteiger partial charge >= 0.3 is 6.18 Å². The fourth-order valence-electron chi connectivity index (χ4n) is 2.17. The van der Waals surface area contributed by atoms with Gasteiger partial charge in [0.2, 0.25) is 5.91 Å². The lowest BCUT2D eigenvalue weighted by Gasteiger charge is -2.07. The Kier molecular flexibility index (Phi) is 7.20. The van der Waals surface area contributed by atoms with Crippen LogP contribution in [0.25, 0.3) is 6.08 Å². The van der Waals surface area contributed by atoms with Crippen LogP contribution in [0.2, 0.25) is 0 Å². The van der Waals surface area contributed by atoms with Gasteiger partial charge in [0.15, 0.2) is 6.61 Å². The van der Waals surface area contributed by atoms with E-state index in [-0.39, 0.29) is 12.5 Å². The van der Waals surface area contributed by atoms with E-state index >= 15 is 0 Å². The van der Waals surface area contributed by atoms with Crippen LogP contribution in [0.5, 0.6) is 5.75 Å². The molecule has 0 atom stereocenters. The number of benzene rings is 2. The Morgan fingerprint density at radius 2 is 1.68 bits per heavy atom. The molecule has 0 heterocycles. The zero-order chi connectivity index (χ0) is 20.6. The lowest BCUT2D eigenvalue weighted by Crippen LogP contribution is -2.28. The molecule has 2 rings (SSSR count). The van der Waals surface area contributed by atoms with Crippen molar-refractivity contribution in [1.82, 2.24) is 5.32 Å².